The number of nitrogens with zero attached hydrogens (tertiary/aromatic N) is 3. The second kappa shape index (κ2) is 8.75. The molecule has 8 heteroatoms. The maximum absolute atomic E-state index is 13.9. The number of benzene rings is 2. The first kappa shape index (κ1) is 19.6. The van der Waals surface area contributed by atoms with Crippen molar-refractivity contribution < 1.29 is 13.9 Å². The number of para-hydroxylation sites is 2. The molecule has 4 rings (SSSR count). The number of thiazole rings is 1. The molecule has 0 spiro atoms. The molecule has 0 atom stereocenters. The van der Waals surface area contributed by atoms with Crippen molar-refractivity contribution in [2.24, 2.45) is 0 Å². The second-order valence-electron chi connectivity index (χ2n) is 6.87. The van der Waals surface area contributed by atoms with Crippen LogP contribution in [0.25, 0.3) is 10.2 Å². The van der Waals surface area contributed by atoms with Crippen LogP contribution in [0.4, 0.5) is 9.52 Å². The summed E-state index contributed by atoms with van der Waals surface area (Å²) in [6.45, 7) is 4.78. The Kier molecular flexibility index (Phi) is 5.92. The van der Waals surface area contributed by atoms with Crippen LogP contribution in [0.15, 0.2) is 42.5 Å². The van der Waals surface area contributed by atoms with Crippen molar-refractivity contribution in [1.82, 2.24) is 15.2 Å². The topological polar surface area (TPSA) is 57.7 Å². The molecule has 1 amide bonds. The van der Waals surface area contributed by atoms with Gasteiger partial charge in [0, 0.05) is 39.3 Å². The Morgan fingerprint density at radius 1 is 1.17 bits per heavy atom. The van der Waals surface area contributed by atoms with Crippen LogP contribution in [0, 0.1) is 5.82 Å². The SMILES string of the molecule is COc1ccccc1C(=O)NCCN1CCN(c2nc3c(F)cccc3s2)CC1. The van der Waals surface area contributed by atoms with Gasteiger partial charge in [0.05, 0.1) is 17.4 Å². The number of aromatic nitrogens is 1. The first-order valence-electron chi connectivity index (χ1n) is 9.59. The molecule has 1 N–H and O–H groups in total. The van der Waals surface area contributed by atoms with Crippen molar-refractivity contribution in [3.8, 4) is 5.75 Å². The van der Waals surface area contributed by atoms with Gasteiger partial charge in [-0.25, -0.2) is 9.37 Å². The van der Waals surface area contributed by atoms with Crippen LogP contribution in [0.1, 0.15) is 10.4 Å². The zero-order valence-electron chi connectivity index (χ0n) is 16.2. The Bertz CT molecular complexity index is 1000. The summed E-state index contributed by atoms with van der Waals surface area (Å²) < 4.78 is 20.0. The summed E-state index contributed by atoms with van der Waals surface area (Å²) in [6.07, 6.45) is 0. The number of rotatable bonds is 6. The summed E-state index contributed by atoms with van der Waals surface area (Å²) >= 11 is 1.53. The summed E-state index contributed by atoms with van der Waals surface area (Å²) in [5.41, 5.74) is 0.997. The molecule has 0 unspecified atom stereocenters. The number of methoxy groups -OCH3 is 1. The lowest BCUT2D eigenvalue weighted by Crippen LogP contribution is -2.48. The van der Waals surface area contributed by atoms with Gasteiger partial charge in [-0.05, 0) is 24.3 Å². The van der Waals surface area contributed by atoms with E-state index in [9.17, 15) is 9.18 Å². The van der Waals surface area contributed by atoms with E-state index in [1.807, 2.05) is 18.2 Å². The van der Waals surface area contributed by atoms with Crippen LogP contribution in [0.2, 0.25) is 0 Å². The standard InChI is InChI=1S/C21H23FN4O2S/c1-28-17-7-3-2-5-15(17)20(27)23-9-10-25-11-13-26(14-12-25)21-24-19-16(22)6-4-8-18(19)29-21/h2-8H,9-14H2,1H3,(H,23,27). The lowest BCUT2D eigenvalue weighted by Gasteiger charge is -2.34. The first-order valence-corrected chi connectivity index (χ1v) is 10.4. The highest BCUT2D eigenvalue weighted by molar-refractivity contribution is 7.22. The fourth-order valence-corrected chi connectivity index (χ4v) is 4.49. The third-order valence-corrected chi connectivity index (χ3v) is 6.15. The Hall–Kier alpha value is -2.71. The molecule has 0 bridgehead atoms. The van der Waals surface area contributed by atoms with E-state index in [4.69, 9.17) is 4.74 Å². The lowest BCUT2D eigenvalue weighted by molar-refractivity contribution is 0.0944. The van der Waals surface area contributed by atoms with Crippen LogP contribution in [-0.2, 0) is 0 Å². The van der Waals surface area contributed by atoms with E-state index in [2.05, 4.69) is 20.1 Å². The number of ether oxygens (including phenoxy) is 1. The first-order chi connectivity index (χ1) is 14.2. The number of hydrogen-bond donors (Lipinski definition) is 1. The van der Waals surface area contributed by atoms with Crippen LogP contribution >= 0.6 is 11.3 Å². The fraction of sp³-hybridized carbons (Fsp3) is 0.333. The predicted octanol–water partition coefficient (Wildman–Crippen LogP) is 3.00. The molecule has 0 saturated carbocycles. The number of nitrogens with one attached hydrogen (secondary N) is 1. The minimum Gasteiger partial charge on any atom is -0.496 e. The molecule has 3 aromatic rings. The summed E-state index contributed by atoms with van der Waals surface area (Å²) in [7, 11) is 1.56. The molecule has 1 aromatic heterocycles. The highest BCUT2D eigenvalue weighted by Gasteiger charge is 2.20. The molecule has 0 aliphatic carbocycles. The van der Waals surface area contributed by atoms with Gasteiger partial charge >= 0.3 is 0 Å². The van der Waals surface area contributed by atoms with Crippen molar-refractivity contribution >= 4 is 32.6 Å². The van der Waals surface area contributed by atoms with Gasteiger partial charge in [0.2, 0.25) is 0 Å². The molecule has 2 heterocycles. The number of carbonyl (C=O) groups is 1. The van der Waals surface area contributed by atoms with Gasteiger partial charge in [-0.3, -0.25) is 9.69 Å². The largest absolute Gasteiger partial charge is 0.496 e. The van der Waals surface area contributed by atoms with Crippen molar-refractivity contribution in [1.29, 1.82) is 0 Å². The van der Waals surface area contributed by atoms with Crippen LogP contribution in [0.5, 0.6) is 5.75 Å². The minimum atomic E-state index is -0.269. The second-order valence-corrected chi connectivity index (χ2v) is 7.88. The number of hydrogen-bond acceptors (Lipinski definition) is 6. The number of halogens is 1. The van der Waals surface area contributed by atoms with Gasteiger partial charge in [0.25, 0.3) is 5.91 Å². The van der Waals surface area contributed by atoms with Gasteiger partial charge in [-0.15, -0.1) is 0 Å². The predicted molar refractivity (Wildman–Crippen MR) is 114 cm³/mol. The van der Waals surface area contributed by atoms with E-state index in [0.717, 1.165) is 42.6 Å². The molecule has 2 aromatic carbocycles. The van der Waals surface area contributed by atoms with Crippen LogP contribution in [-0.4, -0.2) is 62.2 Å². The Morgan fingerprint density at radius 2 is 1.97 bits per heavy atom. The number of amides is 1. The maximum atomic E-state index is 13.9. The van der Waals surface area contributed by atoms with E-state index in [-0.39, 0.29) is 11.7 Å². The monoisotopic (exact) mass is 414 g/mol. The molecular weight excluding hydrogens is 391 g/mol. The third kappa shape index (κ3) is 4.33. The molecule has 1 aliphatic heterocycles. The van der Waals surface area contributed by atoms with E-state index in [0.29, 0.717) is 23.4 Å². The summed E-state index contributed by atoms with van der Waals surface area (Å²) in [6, 6.07) is 12.3. The van der Waals surface area contributed by atoms with Gasteiger partial charge in [-0.1, -0.05) is 29.5 Å². The number of piperazine rings is 1. The highest BCUT2D eigenvalue weighted by atomic mass is 32.1. The highest BCUT2D eigenvalue weighted by Crippen LogP contribution is 2.30. The van der Waals surface area contributed by atoms with Crippen molar-refractivity contribution in [3.05, 3.63) is 53.8 Å². The number of carbonyl (C=O) groups excluding carboxylic acids is 1. The molecule has 0 radical (unpaired) electrons. The number of anilines is 1. The Labute approximate surface area is 172 Å². The zero-order valence-corrected chi connectivity index (χ0v) is 17.0. The smallest absolute Gasteiger partial charge is 0.255 e. The average Bonchev–Trinajstić information content (AvgIpc) is 3.20. The quantitative estimate of drug-likeness (QED) is 0.672. The Balaban J connectivity index is 1.27. The summed E-state index contributed by atoms with van der Waals surface area (Å²) in [4.78, 5) is 21.4. The van der Waals surface area contributed by atoms with Gasteiger partial charge in [0.1, 0.15) is 17.1 Å². The molecule has 1 aliphatic rings. The lowest BCUT2D eigenvalue weighted by atomic mass is 10.2. The average molecular weight is 415 g/mol. The molecule has 152 valence electrons. The van der Waals surface area contributed by atoms with E-state index >= 15 is 0 Å². The van der Waals surface area contributed by atoms with E-state index in [1.165, 1.54) is 17.4 Å². The van der Waals surface area contributed by atoms with Gasteiger partial charge in [0.15, 0.2) is 5.13 Å². The van der Waals surface area contributed by atoms with Crippen molar-refractivity contribution in [2.75, 3.05) is 51.3 Å². The van der Waals surface area contributed by atoms with E-state index in [1.54, 1.807) is 25.3 Å². The summed E-state index contributed by atoms with van der Waals surface area (Å²) in [5, 5.41) is 3.83. The normalized spacial score (nSPS) is 14.9. The van der Waals surface area contributed by atoms with Gasteiger partial charge < -0.3 is 15.0 Å². The van der Waals surface area contributed by atoms with Crippen LogP contribution < -0.4 is 15.0 Å². The molecule has 1 saturated heterocycles. The molecule has 6 nitrogen and oxygen atoms in total. The summed E-state index contributed by atoms with van der Waals surface area (Å²) in [5.74, 6) is 0.179. The zero-order chi connectivity index (χ0) is 20.2. The number of fused-ring (bicyclic) bond motifs is 1. The van der Waals surface area contributed by atoms with E-state index < -0.39 is 0 Å². The molecule has 1 fully saturated rings. The van der Waals surface area contributed by atoms with Crippen molar-refractivity contribution in [3.63, 3.8) is 0 Å². The maximum Gasteiger partial charge on any atom is 0.255 e. The minimum absolute atomic E-state index is 0.127. The Morgan fingerprint density at radius 3 is 2.72 bits per heavy atom. The van der Waals surface area contributed by atoms with Crippen LogP contribution in [0.3, 0.4) is 0 Å². The molecular formula is C21H23FN4O2S. The van der Waals surface area contributed by atoms with Gasteiger partial charge in [-0.2, -0.15) is 0 Å². The van der Waals surface area contributed by atoms with Crippen molar-refractivity contribution in [2.45, 2.75) is 0 Å². The fourth-order valence-electron chi connectivity index (χ4n) is 3.46. The third-order valence-electron chi connectivity index (χ3n) is 5.07. The molecule has 29 heavy (non-hydrogen) atoms.